The lowest BCUT2D eigenvalue weighted by Gasteiger charge is -1.88. The van der Waals surface area contributed by atoms with Crippen molar-refractivity contribution in [3.05, 3.63) is 0 Å². The Morgan fingerprint density at radius 2 is 0.900 bits per heavy atom. The lowest BCUT2D eigenvalue weighted by atomic mass is 10.8. The summed E-state index contributed by atoms with van der Waals surface area (Å²) in [7, 11) is 0. The van der Waals surface area contributed by atoms with E-state index in [2.05, 4.69) is 23.2 Å². The Bertz CT molecular complexity index is 57.9. The first-order valence-corrected chi connectivity index (χ1v) is 2.58. The molecule has 0 aromatic rings. The topological polar surface area (TPSA) is 0 Å². The van der Waals surface area contributed by atoms with E-state index in [1.807, 2.05) is 0 Å². The van der Waals surface area contributed by atoms with Gasteiger partial charge in [0.2, 0.25) is 0 Å². The van der Waals surface area contributed by atoms with Crippen molar-refractivity contribution in [3.63, 3.8) is 0 Å². The van der Waals surface area contributed by atoms with Gasteiger partial charge in [-0.25, -0.2) is 0 Å². The molecule has 64 valence electrons. The van der Waals surface area contributed by atoms with Gasteiger partial charge in [-0.1, -0.05) is 0 Å². The lowest BCUT2D eigenvalue weighted by molar-refractivity contribution is -0.110. The molecule has 0 rings (SSSR count). The zero-order chi connectivity index (χ0) is 9.00. The summed E-state index contributed by atoms with van der Waals surface area (Å²) in [5, 5.41) is 0. The molecule has 0 aliphatic heterocycles. The molecule has 0 aromatic heterocycles. The highest BCUT2D eigenvalue weighted by Gasteiger charge is 2.17. The quantitative estimate of drug-likeness (QED) is 0.418. The van der Waals surface area contributed by atoms with Crippen LogP contribution >= 0.6 is 23.2 Å². The summed E-state index contributed by atoms with van der Waals surface area (Å²) >= 11 is 7.92. The lowest BCUT2D eigenvalue weighted by Crippen LogP contribution is -1.95. The SMILES string of the molecule is CC(F)(F)F.FC(F)(Cl)Cl. The third-order valence-electron chi connectivity index (χ3n) is 0. The van der Waals surface area contributed by atoms with Crippen molar-refractivity contribution in [2.75, 3.05) is 0 Å². The van der Waals surface area contributed by atoms with Crippen LogP contribution in [-0.2, 0) is 0 Å². The Kier molecular flexibility index (Phi) is 5.38. The molecule has 0 spiro atoms. The minimum absolute atomic E-state index is 0.188. The monoisotopic (exact) mass is 204 g/mol. The highest BCUT2D eigenvalue weighted by atomic mass is 35.5. The summed E-state index contributed by atoms with van der Waals surface area (Å²) in [6.07, 6.45) is -4.00. The molecule has 0 nitrogen and oxygen atoms in total. The van der Waals surface area contributed by atoms with Crippen LogP contribution in [-0.4, -0.2) is 11.0 Å². The molecule has 0 fully saturated rings. The van der Waals surface area contributed by atoms with Crippen LogP contribution in [0.25, 0.3) is 0 Å². The molecule has 0 aromatic carbocycles. The van der Waals surface area contributed by atoms with Crippen molar-refractivity contribution in [1.82, 2.24) is 0 Å². The molecule has 7 heteroatoms. The van der Waals surface area contributed by atoms with Crippen molar-refractivity contribution in [3.8, 4) is 0 Å². The number of hydrogen-bond acceptors (Lipinski definition) is 0. The van der Waals surface area contributed by atoms with Gasteiger partial charge in [-0.15, -0.1) is 0 Å². The second kappa shape index (κ2) is 4.18. The van der Waals surface area contributed by atoms with Crippen molar-refractivity contribution in [2.24, 2.45) is 0 Å². The highest BCUT2D eigenvalue weighted by molar-refractivity contribution is 6.45. The standard InChI is InChI=1S/C2H3F3.CCl2F2/c1-2(3,4)5;2-1(3,4)5/h1H3;. The first kappa shape index (κ1) is 12.9. The summed E-state index contributed by atoms with van der Waals surface area (Å²) in [5.41, 5.74) is 0. The van der Waals surface area contributed by atoms with E-state index in [0.717, 1.165) is 0 Å². The van der Waals surface area contributed by atoms with Gasteiger partial charge in [0.25, 0.3) is 0 Å². The van der Waals surface area contributed by atoms with Crippen LogP contribution < -0.4 is 0 Å². The maximum Gasteiger partial charge on any atom is 0.401 e. The van der Waals surface area contributed by atoms with Crippen molar-refractivity contribution >= 4 is 23.2 Å². The molecule has 0 unspecified atom stereocenters. The van der Waals surface area contributed by atoms with Gasteiger partial charge in [-0.2, -0.15) is 22.0 Å². The second-order valence-electron chi connectivity index (χ2n) is 1.21. The van der Waals surface area contributed by atoms with E-state index in [1.54, 1.807) is 0 Å². The van der Waals surface area contributed by atoms with Crippen LogP contribution in [0.3, 0.4) is 0 Å². The molecule has 0 heterocycles. The van der Waals surface area contributed by atoms with E-state index in [-0.39, 0.29) is 6.92 Å². The third kappa shape index (κ3) is 8130. The molecule has 0 saturated carbocycles. The Morgan fingerprint density at radius 3 is 0.900 bits per heavy atom. The molecular formula is C3H3Cl2F5. The van der Waals surface area contributed by atoms with E-state index in [4.69, 9.17) is 0 Å². The normalized spacial score (nSPS) is 12.0. The highest BCUT2D eigenvalue weighted by Crippen LogP contribution is 2.22. The Hall–Kier alpha value is 0.230. The zero-order valence-electron chi connectivity index (χ0n) is 4.65. The van der Waals surface area contributed by atoms with E-state index in [1.165, 1.54) is 0 Å². The molecule has 0 radical (unpaired) electrons. The van der Waals surface area contributed by atoms with E-state index in [0.29, 0.717) is 0 Å². The summed E-state index contributed by atoms with van der Waals surface area (Å²) in [6, 6.07) is 0. The summed E-state index contributed by atoms with van der Waals surface area (Å²) in [4.78, 5) is -3.56. The van der Waals surface area contributed by atoms with Gasteiger partial charge in [0, 0.05) is 6.92 Å². The van der Waals surface area contributed by atoms with Gasteiger partial charge in [0.1, 0.15) is 0 Å². The molecule has 0 aliphatic rings. The molecule has 10 heavy (non-hydrogen) atoms. The van der Waals surface area contributed by atoms with Crippen LogP contribution in [0.15, 0.2) is 0 Å². The van der Waals surface area contributed by atoms with Crippen molar-refractivity contribution < 1.29 is 22.0 Å². The number of hydrogen-bond donors (Lipinski definition) is 0. The predicted octanol–water partition coefficient (Wildman–Crippen LogP) is 3.58. The van der Waals surface area contributed by atoms with Crippen LogP contribution in [0.1, 0.15) is 6.92 Å². The molecule has 0 atom stereocenters. The fraction of sp³-hybridized carbons (Fsp3) is 1.00. The molecule has 0 aliphatic carbocycles. The Balaban J connectivity index is 0. The summed E-state index contributed by atoms with van der Waals surface area (Å²) in [6.45, 7) is 0.188. The molecule has 0 amide bonds. The van der Waals surface area contributed by atoms with Gasteiger partial charge in [-0.3, -0.25) is 0 Å². The van der Waals surface area contributed by atoms with E-state index >= 15 is 0 Å². The second-order valence-corrected chi connectivity index (χ2v) is 2.35. The van der Waals surface area contributed by atoms with Gasteiger partial charge in [0.15, 0.2) is 0 Å². The van der Waals surface area contributed by atoms with Gasteiger partial charge in [-0.05, 0) is 23.2 Å². The zero-order valence-corrected chi connectivity index (χ0v) is 6.16. The van der Waals surface area contributed by atoms with Crippen molar-refractivity contribution in [1.29, 1.82) is 0 Å². The molecular weight excluding hydrogens is 202 g/mol. The van der Waals surface area contributed by atoms with Gasteiger partial charge < -0.3 is 0 Å². The average molecular weight is 205 g/mol. The van der Waals surface area contributed by atoms with Crippen LogP contribution in [0, 0.1) is 0 Å². The maximum atomic E-state index is 10.6. The van der Waals surface area contributed by atoms with Crippen molar-refractivity contribution in [2.45, 2.75) is 17.9 Å². The van der Waals surface area contributed by atoms with Crippen LogP contribution in [0.4, 0.5) is 22.0 Å². The summed E-state index contributed by atoms with van der Waals surface area (Å²) < 4.78 is 52.2. The number of rotatable bonds is 0. The predicted molar refractivity (Wildman–Crippen MR) is 28.4 cm³/mol. The van der Waals surface area contributed by atoms with E-state index in [9.17, 15) is 22.0 Å². The Morgan fingerprint density at radius 1 is 0.900 bits per heavy atom. The van der Waals surface area contributed by atoms with Crippen LogP contribution in [0.5, 0.6) is 0 Å². The molecule has 0 bridgehead atoms. The fourth-order valence-corrected chi connectivity index (χ4v) is 0. The number of alkyl halides is 7. The first-order valence-electron chi connectivity index (χ1n) is 1.82. The first-order chi connectivity index (χ1) is 4.00. The Labute approximate surface area is 63.9 Å². The minimum Gasteiger partial charge on any atom is -0.172 e. The average Bonchev–Trinajstić information content (AvgIpc) is 1.12. The van der Waals surface area contributed by atoms with E-state index < -0.39 is 11.0 Å². The van der Waals surface area contributed by atoms with Gasteiger partial charge in [0.05, 0.1) is 0 Å². The largest absolute Gasteiger partial charge is 0.401 e. The summed E-state index contributed by atoms with van der Waals surface area (Å²) in [5.74, 6) is 0. The smallest absolute Gasteiger partial charge is 0.172 e. The van der Waals surface area contributed by atoms with Gasteiger partial charge >= 0.3 is 11.0 Å². The third-order valence-corrected chi connectivity index (χ3v) is 0. The number of halogens is 7. The minimum atomic E-state index is -4.00. The fourth-order valence-electron chi connectivity index (χ4n) is 0. The van der Waals surface area contributed by atoms with Crippen LogP contribution in [0.2, 0.25) is 0 Å². The molecule has 0 N–H and O–H groups in total. The molecule has 0 saturated heterocycles. The maximum absolute atomic E-state index is 10.6.